The summed E-state index contributed by atoms with van der Waals surface area (Å²) in [7, 11) is 3.32. The van der Waals surface area contributed by atoms with Crippen molar-refractivity contribution in [2.24, 2.45) is 0 Å². The Labute approximate surface area is 160 Å². The van der Waals surface area contributed by atoms with E-state index in [-0.39, 0.29) is 5.91 Å². The number of piperazine rings is 1. The van der Waals surface area contributed by atoms with Crippen LogP contribution in [-0.2, 0) is 4.79 Å². The number of carbonyl (C=O) groups is 1. The fourth-order valence-electron chi connectivity index (χ4n) is 3.29. The van der Waals surface area contributed by atoms with Gasteiger partial charge in [-0.1, -0.05) is 18.2 Å². The van der Waals surface area contributed by atoms with Gasteiger partial charge in [-0.3, -0.25) is 9.69 Å². The largest absolute Gasteiger partial charge is 0.497 e. The van der Waals surface area contributed by atoms with Gasteiger partial charge in [0.05, 0.1) is 19.9 Å². The average molecular weight is 369 g/mol. The molecule has 0 aliphatic carbocycles. The zero-order valence-electron chi connectivity index (χ0n) is 16.0. The standard InChI is InChI=1S/C21H27N3O3/c1-26-18-7-5-6-17(16-18)22-21(25)10-11-23-12-14-24(15-13-23)19-8-3-4-9-20(19)27-2/h3-9,16H,10-15H2,1-2H3,(H,22,25). The lowest BCUT2D eigenvalue weighted by atomic mass is 10.2. The number of benzene rings is 2. The average Bonchev–Trinajstić information content (AvgIpc) is 2.72. The van der Waals surface area contributed by atoms with Crippen molar-refractivity contribution in [2.75, 3.05) is 57.2 Å². The molecule has 27 heavy (non-hydrogen) atoms. The van der Waals surface area contributed by atoms with E-state index in [0.717, 1.165) is 55.6 Å². The highest BCUT2D eigenvalue weighted by Crippen LogP contribution is 2.28. The van der Waals surface area contributed by atoms with E-state index in [0.29, 0.717) is 6.42 Å². The van der Waals surface area contributed by atoms with Crippen LogP contribution in [0.3, 0.4) is 0 Å². The molecule has 2 aromatic carbocycles. The molecule has 3 rings (SSSR count). The molecular weight excluding hydrogens is 342 g/mol. The maximum atomic E-state index is 12.2. The van der Waals surface area contributed by atoms with Crippen molar-refractivity contribution in [1.29, 1.82) is 0 Å². The maximum Gasteiger partial charge on any atom is 0.225 e. The van der Waals surface area contributed by atoms with E-state index >= 15 is 0 Å². The second-order valence-corrected chi connectivity index (χ2v) is 6.53. The number of para-hydroxylation sites is 2. The van der Waals surface area contributed by atoms with Crippen LogP contribution < -0.4 is 19.7 Å². The van der Waals surface area contributed by atoms with Crippen LogP contribution in [0, 0.1) is 0 Å². The Morgan fingerprint density at radius 3 is 2.52 bits per heavy atom. The minimum Gasteiger partial charge on any atom is -0.497 e. The summed E-state index contributed by atoms with van der Waals surface area (Å²) in [6, 6.07) is 15.5. The predicted molar refractivity (Wildman–Crippen MR) is 108 cm³/mol. The van der Waals surface area contributed by atoms with Crippen LogP contribution in [0.15, 0.2) is 48.5 Å². The molecule has 1 heterocycles. The third kappa shape index (κ3) is 5.14. The molecule has 1 fully saturated rings. The Morgan fingerprint density at radius 2 is 1.78 bits per heavy atom. The molecule has 1 amide bonds. The number of hydrogen-bond acceptors (Lipinski definition) is 5. The molecule has 144 valence electrons. The normalized spacial score (nSPS) is 14.7. The van der Waals surface area contributed by atoms with Crippen molar-refractivity contribution in [3.63, 3.8) is 0 Å². The highest BCUT2D eigenvalue weighted by atomic mass is 16.5. The summed E-state index contributed by atoms with van der Waals surface area (Å²) in [5, 5.41) is 2.93. The topological polar surface area (TPSA) is 54.0 Å². The molecule has 6 nitrogen and oxygen atoms in total. The number of nitrogens with zero attached hydrogens (tertiary/aromatic N) is 2. The lowest BCUT2D eigenvalue weighted by molar-refractivity contribution is -0.116. The Kier molecular flexibility index (Phi) is 6.54. The Morgan fingerprint density at radius 1 is 1.00 bits per heavy atom. The van der Waals surface area contributed by atoms with Gasteiger partial charge >= 0.3 is 0 Å². The molecular formula is C21H27N3O3. The van der Waals surface area contributed by atoms with Crippen molar-refractivity contribution in [3.05, 3.63) is 48.5 Å². The van der Waals surface area contributed by atoms with Crippen LogP contribution in [0.5, 0.6) is 11.5 Å². The van der Waals surface area contributed by atoms with E-state index in [1.54, 1.807) is 14.2 Å². The summed E-state index contributed by atoms with van der Waals surface area (Å²) in [6.45, 7) is 4.49. The predicted octanol–water partition coefficient (Wildman–Crippen LogP) is 2.85. The SMILES string of the molecule is COc1cccc(NC(=O)CCN2CCN(c3ccccc3OC)CC2)c1. The number of ether oxygens (including phenoxy) is 2. The molecule has 1 aliphatic rings. The molecule has 0 aromatic heterocycles. The molecule has 1 N–H and O–H groups in total. The van der Waals surface area contributed by atoms with Crippen LogP contribution >= 0.6 is 0 Å². The second kappa shape index (κ2) is 9.28. The number of methoxy groups -OCH3 is 2. The molecule has 0 bridgehead atoms. The number of anilines is 2. The van der Waals surface area contributed by atoms with Crippen molar-refractivity contribution < 1.29 is 14.3 Å². The molecule has 6 heteroatoms. The van der Waals surface area contributed by atoms with E-state index < -0.39 is 0 Å². The lowest BCUT2D eigenvalue weighted by Gasteiger charge is -2.36. The van der Waals surface area contributed by atoms with Gasteiger partial charge in [0.2, 0.25) is 5.91 Å². The van der Waals surface area contributed by atoms with Crippen molar-refractivity contribution in [2.45, 2.75) is 6.42 Å². The number of amides is 1. The number of rotatable bonds is 7. The fraction of sp³-hybridized carbons (Fsp3) is 0.381. The first kappa shape index (κ1) is 19.0. The minimum absolute atomic E-state index is 0.0235. The van der Waals surface area contributed by atoms with Gasteiger partial charge in [0.15, 0.2) is 0 Å². The Hall–Kier alpha value is -2.73. The second-order valence-electron chi connectivity index (χ2n) is 6.53. The summed E-state index contributed by atoms with van der Waals surface area (Å²) in [4.78, 5) is 16.9. The molecule has 0 spiro atoms. The number of hydrogen-bond donors (Lipinski definition) is 1. The van der Waals surface area contributed by atoms with Crippen molar-refractivity contribution in [3.8, 4) is 11.5 Å². The maximum absolute atomic E-state index is 12.2. The van der Waals surface area contributed by atoms with Gasteiger partial charge in [-0.2, -0.15) is 0 Å². The summed E-state index contributed by atoms with van der Waals surface area (Å²) in [5.74, 6) is 1.67. The van der Waals surface area contributed by atoms with Crippen LogP contribution in [0.25, 0.3) is 0 Å². The first-order valence-corrected chi connectivity index (χ1v) is 9.24. The smallest absolute Gasteiger partial charge is 0.225 e. The van der Waals surface area contributed by atoms with Crippen LogP contribution in [-0.4, -0.2) is 57.8 Å². The number of nitrogens with one attached hydrogen (secondary N) is 1. The van der Waals surface area contributed by atoms with Gasteiger partial charge in [-0.15, -0.1) is 0 Å². The first-order chi connectivity index (χ1) is 13.2. The van der Waals surface area contributed by atoms with E-state index in [4.69, 9.17) is 9.47 Å². The highest BCUT2D eigenvalue weighted by Gasteiger charge is 2.19. The van der Waals surface area contributed by atoms with Crippen LogP contribution in [0.4, 0.5) is 11.4 Å². The monoisotopic (exact) mass is 369 g/mol. The van der Waals surface area contributed by atoms with E-state index in [1.807, 2.05) is 42.5 Å². The number of carbonyl (C=O) groups excluding carboxylic acids is 1. The Bertz CT molecular complexity index is 758. The van der Waals surface area contributed by atoms with E-state index in [9.17, 15) is 4.79 Å². The van der Waals surface area contributed by atoms with Gasteiger partial charge < -0.3 is 19.7 Å². The summed E-state index contributed by atoms with van der Waals surface area (Å²) in [6.07, 6.45) is 0.478. The van der Waals surface area contributed by atoms with Gasteiger partial charge in [-0.25, -0.2) is 0 Å². The van der Waals surface area contributed by atoms with Crippen molar-refractivity contribution >= 4 is 17.3 Å². The minimum atomic E-state index is 0.0235. The molecule has 0 saturated carbocycles. The van der Waals surface area contributed by atoms with Gasteiger partial charge in [0, 0.05) is 50.9 Å². The lowest BCUT2D eigenvalue weighted by Crippen LogP contribution is -2.47. The fourth-order valence-corrected chi connectivity index (χ4v) is 3.29. The molecule has 1 aliphatic heterocycles. The zero-order valence-corrected chi connectivity index (χ0v) is 16.0. The van der Waals surface area contributed by atoms with Crippen molar-refractivity contribution in [1.82, 2.24) is 4.90 Å². The molecule has 0 atom stereocenters. The van der Waals surface area contributed by atoms with E-state index in [1.165, 1.54) is 0 Å². The van der Waals surface area contributed by atoms with Gasteiger partial charge in [0.1, 0.15) is 11.5 Å². The third-order valence-corrected chi connectivity index (χ3v) is 4.81. The third-order valence-electron chi connectivity index (χ3n) is 4.81. The van der Waals surface area contributed by atoms with Crippen LogP contribution in [0.2, 0.25) is 0 Å². The first-order valence-electron chi connectivity index (χ1n) is 9.24. The van der Waals surface area contributed by atoms with Crippen LogP contribution in [0.1, 0.15) is 6.42 Å². The molecule has 0 radical (unpaired) electrons. The summed E-state index contributed by atoms with van der Waals surface area (Å²) < 4.78 is 10.6. The van der Waals surface area contributed by atoms with Gasteiger partial charge in [0.25, 0.3) is 0 Å². The van der Waals surface area contributed by atoms with Gasteiger partial charge in [-0.05, 0) is 24.3 Å². The summed E-state index contributed by atoms with van der Waals surface area (Å²) >= 11 is 0. The molecule has 2 aromatic rings. The zero-order chi connectivity index (χ0) is 19.1. The molecule has 1 saturated heterocycles. The highest BCUT2D eigenvalue weighted by molar-refractivity contribution is 5.91. The molecule has 0 unspecified atom stereocenters. The summed E-state index contributed by atoms with van der Waals surface area (Å²) in [5.41, 5.74) is 1.90. The quantitative estimate of drug-likeness (QED) is 0.813. The van der Waals surface area contributed by atoms with E-state index in [2.05, 4.69) is 21.2 Å². The Balaban J connectivity index is 1.44.